The van der Waals surface area contributed by atoms with Crippen LogP contribution in [0, 0.1) is 13.8 Å². The maximum Gasteiger partial charge on any atom is 0.106 e. The highest BCUT2D eigenvalue weighted by atomic mass is 15.4. The Morgan fingerprint density at radius 2 is 1.59 bits per heavy atom. The monoisotopic (exact) mass is 300 g/mol. The van der Waals surface area contributed by atoms with Crippen LogP contribution in [0.25, 0.3) is 0 Å². The fourth-order valence-electron chi connectivity index (χ4n) is 5.99. The first-order chi connectivity index (χ1) is 10.8. The summed E-state index contributed by atoms with van der Waals surface area (Å²) in [5, 5.41) is 4.00. The van der Waals surface area contributed by atoms with Gasteiger partial charge in [0.2, 0.25) is 0 Å². The third-order valence-corrected chi connectivity index (χ3v) is 6.76. The maximum atomic E-state index is 4.86. The molecule has 5 rings (SSSR count). The van der Waals surface area contributed by atoms with Crippen molar-refractivity contribution in [1.82, 2.24) is 19.8 Å². The lowest BCUT2D eigenvalue weighted by Crippen LogP contribution is -2.53. The summed E-state index contributed by atoms with van der Waals surface area (Å²) in [6, 6.07) is 2.89. The number of hydrogen-bond acceptors (Lipinski definition) is 3. The van der Waals surface area contributed by atoms with E-state index in [9.17, 15) is 0 Å². The van der Waals surface area contributed by atoms with Gasteiger partial charge in [-0.3, -0.25) is 10.2 Å². The molecule has 2 saturated carbocycles. The van der Waals surface area contributed by atoms with E-state index >= 15 is 0 Å². The van der Waals surface area contributed by atoms with Gasteiger partial charge in [0.15, 0.2) is 0 Å². The van der Waals surface area contributed by atoms with Gasteiger partial charge in [0.05, 0.1) is 17.4 Å². The van der Waals surface area contributed by atoms with Crippen molar-refractivity contribution in [1.29, 1.82) is 0 Å². The van der Waals surface area contributed by atoms with Crippen LogP contribution < -0.4 is 5.32 Å². The van der Waals surface area contributed by atoms with Crippen molar-refractivity contribution in [2.45, 2.75) is 95.5 Å². The molecule has 3 fully saturated rings. The Kier molecular flexibility index (Phi) is 2.97. The SMILES string of the molecule is Cc1nc(C)n2c1C1NC3CCCCC3N1C1CCCCC12. The van der Waals surface area contributed by atoms with E-state index < -0.39 is 0 Å². The second kappa shape index (κ2) is 4.81. The molecule has 2 aliphatic heterocycles. The summed E-state index contributed by atoms with van der Waals surface area (Å²) in [4.78, 5) is 7.76. The van der Waals surface area contributed by atoms with Crippen molar-refractivity contribution in [2.75, 3.05) is 0 Å². The smallest absolute Gasteiger partial charge is 0.106 e. The first kappa shape index (κ1) is 13.6. The van der Waals surface area contributed by atoms with Crippen molar-refractivity contribution < 1.29 is 0 Å². The Labute approximate surface area is 133 Å². The van der Waals surface area contributed by atoms with E-state index in [0.717, 1.165) is 12.1 Å². The molecule has 4 heteroatoms. The molecule has 120 valence electrons. The van der Waals surface area contributed by atoms with Gasteiger partial charge in [-0.15, -0.1) is 0 Å². The van der Waals surface area contributed by atoms with Crippen LogP contribution in [0.15, 0.2) is 0 Å². The summed E-state index contributed by atoms with van der Waals surface area (Å²) in [6.45, 7) is 4.42. The van der Waals surface area contributed by atoms with Gasteiger partial charge < -0.3 is 4.57 Å². The summed E-state index contributed by atoms with van der Waals surface area (Å²) in [6.07, 6.45) is 11.5. The normalized spacial score (nSPS) is 40.7. The van der Waals surface area contributed by atoms with Gasteiger partial charge in [-0.2, -0.15) is 0 Å². The number of nitrogens with zero attached hydrogens (tertiary/aromatic N) is 3. The molecule has 5 unspecified atom stereocenters. The molecule has 22 heavy (non-hydrogen) atoms. The average Bonchev–Trinajstić information content (AvgIpc) is 3.05. The molecule has 1 aromatic rings. The van der Waals surface area contributed by atoms with Crippen LogP contribution >= 0.6 is 0 Å². The second-order valence-electron chi connectivity index (χ2n) is 7.89. The molecule has 0 amide bonds. The molecular formula is C18H28N4. The predicted molar refractivity (Wildman–Crippen MR) is 86.8 cm³/mol. The molecule has 0 aromatic carbocycles. The number of aryl methyl sites for hydroxylation is 2. The van der Waals surface area contributed by atoms with Crippen LogP contribution in [-0.2, 0) is 0 Å². The van der Waals surface area contributed by atoms with Crippen LogP contribution in [0.5, 0.6) is 0 Å². The van der Waals surface area contributed by atoms with E-state index in [1.165, 1.54) is 68.6 Å². The summed E-state index contributed by atoms with van der Waals surface area (Å²) in [5.74, 6) is 1.24. The molecule has 1 N–H and O–H groups in total. The molecule has 3 heterocycles. The van der Waals surface area contributed by atoms with E-state index in [2.05, 4.69) is 28.6 Å². The lowest BCUT2D eigenvalue weighted by atomic mass is 9.83. The number of aromatic nitrogens is 2. The van der Waals surface area contributed by atoms with E-state index in [0.29, 0.717) is 18.2 Å². The van der Waals surface area contributed by atoms with Crippen LogP contribution in [0.4, 0.5) is 0 Å². The number of hydrogen-bond donors (Lipinski definition) is 1. The van der Waals surface area contributed by atoms with Crippen molar-refractivity contribution in [3.63, 3.8) is 0 Å². The fourth-order valence-corrected chi connectivity index (χ4v) is 5.99. The second-order valence-corrected chi connectivity index (χ2v) is 7.89. The highest BCUT2D eigenvalue weighted by Crippen LogP contribution is 2.49. The van der Waals surface area contributed by atoms with Gasteiger partial charge in [0, 0.05) is 18.1 Å². The first-order valence-electron chi connectivity index (χ1n) is 9.34. The Morgan fingerprint density at radius 3 is 2.41 bits per heavy atom. The Hall–Kier alpha value is -0.870. The Bertz CT molecular complexity index is 592. The number of imidazole rings is 1. The molecule has 0 spiro atoms. The third kappa shape index (κ3) is 1.68. The van der Waals surface area contributed by atoms with E-state index in [1.807, 2.05) is 0 Å². The van der Waals surface area contributed by atoms with Crippen LogP contribution in [0.2, 0.25) is 0 Å². The van der Waals surface area contributed by atoms with Gasteiger partial charge in [-0.25, -0.2) is 4.98 Å². The van der Waals surface area contributed by atoms with E-state index in [1.54, 1.807) is 0 Å². The minimum Gasteiger partial charge on any atom is -0.325 e. The standard InChI is InChI=1S/C18H28N4/c1-11-17-18-20-13-7-3-4-8-14(13)22(18)16-10-6-5-9-15(16)21(17)12(2)19-11/h13-16,18,20H,3-10H2,1-2H3. The molecule has 0 radical (unpaired) electrons. The minimum atomic E-state index is 0.425. The van der Waals surface area contributed by atoms with Gasteiger partial charge >= 0.3 is 0 Å². The fraction of sp³-hybridized carbons (Fsp3) is 0.833. The lowest BCUT2D eigenvalue weighted by Gasteiger charge is -2.49. The van der Waals surface area contributed by atoms with Gasteiger partial charge in [-0.05, 0) is 39.5 Å². The average molecular weight is 300 g/mol. The zero-order valence-electron chi connectivity index (χ0n) is 13.9. The van der Waals surface area contributed by atoms with Crippen molar-refractivity contribution in [3.05, 3.63) is 17.2 Å². The molecular weight excluding hydrogens is 272 g/mol. The number of rotatable bonds is 0. The molecule has 0 bridgehead atoms. The molecule has 4 nitrogen and oxygen atoms in total. The highest BCUT2D eigenvalue weighted by molar-refractivity contribution is 5.27. The summed E-state index contributed by atoms with van der Waals surface area (Å²) in [7, 11) is 0. The summed E-state index contributed by atoms with van der Waals surface area (Å²) >= 11 is 0. The zero-order chi connectivity index (χ0) is 14.8. The minimum absolute atomic E-state index is 0.425. The van der Waals surface area contributed by atoms with E-state index in [-0.39, 0.29) is 0 Å². The largest absolute Gasteiger partial charge is 0.325 e. The molecule has 1 aromatic heterocycles. The highest BCUT2D eigenvalue weighted by Gasteiger charge is 2.52. The molecule has 5 atom stereocenters. The van der Waals surface area contributed by atoms with Gasteiger partial charge in [-0.1, -0.05) is 25.7 Å². The lowest BCUT2D eigenvalue weighted by molar-refractivity contribution is 0.0201. The molecule has 4 aliphatic rings. The van der Waals surface area contributed by atoms with Crippen molar-refractivity contribution >= 4 is 0 Å². The zero-order valence-corrected chi connectivity index (χ0v) is 13.9. The quantitative estimate of drug-likeness (QED) is 0.798. The summed E-state index contributed by atoms with van der Waals surface area (Å²) < 4.78 is 2.62. The predicted octanol–water partition coefficient (Wildman–Crippen LogP) is 3.21. The Morgan fingerprint density at radius 1 is 0.909 bits per heavy atom. The number of fused-ring (bicyclic) bond motifs is 8. The van der Waals surface area contributed by atoms with Crippen molar-refractivity contribution in [2.24, 2.45) is 0 Å². The molecule has 1 saturated heterocycles. The van der Waals surface area contributed by atoms with Crippen LogP contribution in [0.1, 0.15) is 80.8 Å². The van der Waals surface area contributed by atoms with E-state index in [4.69, 9.17) is 4.98 Å². The van der Waals surface area contributed by atoms with Crippen molar-refractivity contribution in [3.8, 4) is 0 Å². The first-order valence-corrected chi connectivity index (χ1v) is 9.34. The van der Waals surface area contributed by atoms with Crippen LogP contribution in [0.3, 0.4) is 0 Å². The topological polar surface area (TPSA) is 33.1 Å². The Balaban J connectivity index is 1.65. The molecule has 2 aliphatic carbocycles. The van der Waals surface area contributed by atoms with Gasteiger partial charge in [0.25, 0.3) is 0 Å². The maximum absolute atomic E-state index is 4.86. The number of nitrogens with one attached hydrogen (secondary N) is 1. The van der Waals surface area contributed by atoms with Gasteiger partial charge in [0.1, 0.15) is 12.0 Å². The van der Waals surface area contributed by atoms with Crippen LogP contribution in [-0.4, -0.2) is 32.6 Å². The third-order valence-electron chi connectivity index (χ3n) is 6.76. The summed E-state index contributed by atoms with van der Waals surface area (Å²) in [5.41, 5.74) is 2.73.